The van der Waals surface area contributed by atoms with Gasteiger partial charge in [0.05, 0.1) is 6.10 Å². The maximum Gasteiger partial charge on any atom is 0.139 e. The van der Waals surface area contributed by atoms with Crippen molar-refractivity contribution in [2.24, 2.45) is 34.5 Å². The molecule has 25 heavy (non-hydrogen) atoms. The molecule has 0 aliphatic heterocycles. The van der Waals surface area contributed by atoms with E-state index in [0.717, 1.165) is 37.2 Å². The lowest BCUT2D eigenvalue weighted by Crippen LogP contribution is -2.54. The van der Waals surface area contributed by atoms with Crippen LogP contribution >= 0.6 is 0 Å². The highest BCUT2D eigenvalue weighted by Crippen LogP contribution is 2.65. The molecule has 142 valence electrons. The van der Waals surface area contributed by atoms with Crippen LogP contribution < -0.4 is 0 Å². The van der Waals surface area contributed by atoms with Crippen LogP contribution in [0.15, 0.2) is 0 Å². The fourth-order valence-electron chi connectivity index (χ4n) is 7.54. The van der Waals surface area contributed by atoms with Gasteiger partial charge in [0.25, 0.3) is 0 Å². The zero-order valence-electron chi connectivity index (χ0n) is 16.7. The second-order valence-electron chi connectivity index (χ2n) is 10.2. The molecule has 4 fully saturated rings. The van der Waals surface area contributed by atoms with E-state index in [-0.39, 0.29) is 5.41 Å². The molecule has 0 aromatic rings. The molecule has 4 aliphatic rings. The third kappa shape index (κ3) is 2.82. The largest absolute Gasteiger partial charge is 0.378 e. The third-order valence-electron chi connectivity index (χ3n) is 9.18. The SMILES string of the molecule is CCCCOC1CCC2(C)C(CCC3C4CCC(=O)C4(C)CCC32)C1. The number of Topliss-reactive ketones (excluding diaryl/α,β-unsaturated/α-hetero) is 1. The van der Waals surface area contributed by atoms with Crippen molar-refractivity contribution >= 4 is 5.78 Å². The van der Waals surface area contributed by atoms with Gasteiger partial charge in [0.1, 0.15) is 5.78 Å². The van der Waals surface area contributed by atoms with Crippen LogP contribution in [0.2, 0.25) is 0 Å². The zero-order valence-corrected chi connectivity index (χ0v) is 16.7. The van der Waals surface area contributed by atoms with Gasteiger partial charge in [0.2, 0.25) is 0 Å². The minimum Gasteiger partial charge on any atom is -0.378 e. The molecule has 0 bridgehead atoms. The number of hydrogen-bond acceptors (Lipinski definition) is 2. The second kappa shape index (κ2) is 6.66. The highest BCUT2D eigenvalue weighted by Gasteiger charge is 2.60. The van der Waals surface area contributed by atoms with Gasteiger partial charge in [0, 0.05) is 18.4 Å². The maximum absolute atomic E-state index is 12.5. The molecule has 0 spiro atoms. The number of carbonyl (C=O) groups excluding carboxylic acids is 1. The summed E-state index contributed by atoms with van der Waals surface area (Å²) in [6, 6.07) is 0. The van der Waals surface area contributed by atoms with Crippen molar-refractivity contribution < 1.29 is 9.53 Å². The molecule has 2 heteroatoms. The van der Waals surface area contributed by atoms with Gasteiger partial charge in [-0.15, -0.1) is 0 Å². The molecule has 0 radical (unpaired) electrons. The van der Waals surface area contributed by atoms with Crippen molar-refractivity contribution in [3.63, 3.8) is 0 Å². The Kier molecular flexibility index (Phi) is 4.80. The molecule has 0 N–H and O–H groups in total. The van der Waals surface area contributed by atoms with Gasteiger partial charge in [-0.05, 0) is 86.9 Å². The number of ether oxygens (including phenoxy) is 1. The molecule has 7 unspecified atom stereocenters. The molecular formula is C23H38O2. The smallest absolute Gasteiger partial charge is 0.139 e. The van der Waals surface area contributed by atoms with Gasteiger partial charge in [-0.25, -0.2) is 0 Å². The van der Waals surface area contributed by atoms with E-state index in [2.05, 4.69) is 20.8 Å². The van der Waals surface area contributed by atoms with Crippen LogP contribution in [0, 0.1) is 34.5 Å². The van der Waals surface area contributed by atoms with Crippen molar-refractivity contribution in [2.75, 3.05) is 6.61 Å². The molecule has 0 heterocycles. The number of rotatable bonds is 4. The average Bonchev–Trinajstić information content (AvgIpc) is 2.90. The molecule has 4 aliphatic carbocycles. The average molecular weight is 347 g/mol. The summed E-state index contributed by atoms with van der Waals surface area (Å²) in [7, 11) is 0. The van der Waals surface area contributed by atoms with Crippen LogP contribution in [0.4, 0.5) is 0 Å². The fraction of sp³-hybridized carbons (Fsp3) is 0.957. The first-order valence-corrected chi connectivity index (χ1v) is 11.1. The summed E-state index contributed by atoms with van der Waals surface area (Å²) in [4.78, 5) is 12.5. The molecule has 0 saturated heterocycles. The molecule has 4 saturated carbocycles. The number of ketones is 1. The van der Waals surface area contributed by atoms with Crippen molar-refractivity contribution in [2.45, 2.75) is 97.5 Å². The van der Waals surface area contributed by atoms with Crippen LogP contribution in [0.3, 0.4) is 0 Å². The predicted octanol–water partition coefficient (Wildman–Crippen LogP) is 5.78. The lowest BCUT2D eigenvalue weighted by molar-refractivity contribution is -0.145. The van der Waals surface area contributed by atoms with E-state index >= 15 is 0 Å². The number of unbranched alkanes of at least 4 members (excludes halogenated alkanes) is 1. The summed E-state index contributed by atoms with van der Waals surface area (Å²) in [5.74, 6) is 3.82. The normalized spacial score (nSPS) is 49.4. The Morgan fingerprint density at radius 1 is 1.04 bits per heavy atom. The van der Waals surface area contributed by atoms with Crippen LogP contribution in [0.1, 0.15) is 91.4 Å². The molecule has 0 amide bonds. The highest BCUT2D eigenvalue weighted by molar-refractivity contribution is 5.87. The fourth-order valence-corrected chi connectivity index (χ4v) is 7.54. The first-order valence-electron chi connectivity index (χ1n) is 11.1. The Morgan fingerprint density at radius 2 is 1.88 bits per heavy atom. The summed E-state index contributed by atoms with van der Waals surface area (Å²) >= 11 is 0. The molecule has 2 nitrogen and oxygen atoms in total. The van der Waals surface area contributed by atoms with Gasteiger partial charge >= 0.3 is 0 Å². The van der Waals surface area contributed by atoms with E-state index in [4.69, 9.17) is 4.74 Å². The summed E-state index contributed by atoms with van der Waals surface area (Å²) in [6.07, 6.45) is 14.1. The Bertz CT molecular complexity index is 514. The predicted molar refractivity (Wildman–Crippen MR) is 101 cm³/mol. The van der Waals surface area contributed by atoms with E-state index in [1.54, 1.807) is 0 Å². The Balaban J connectivity index is 1.46. The van der Waals surface area contributed by atoms with Crippen molar-refractivity contribution in [1.82, 2.24) is 0 Å². The molecule has 0 aromatic carbocycles. The quantitative estimate of drug-likeness (QED) is 0.603. The molecule has 7 atom stereocenters. The minimum atomic E-state index is 0.0326. The topological polar surface area (TPSA) is 26.3 Å². The zero-order chi connectivity index (χ0) is 17.7. The van der Waals surface area contributed by atoms with Gasteiger partial charge in [-0.1, -0.05) is 27.2 Å². The van der Waals surface area contributed by atoms with E-state index < -0.39 is 0 Å². The Morgan fingerprint density at radius 3 is 2.68 bits per heavy atom. The second-order valence-corrected chi connectivity index (χ2v) is 10.2. The lowest BCUT2D eigenvalue weighted by Gasteiger charge is -2.60. The van der Waals surface area contributed by atoms with Crippen LogP contribution in [-0.2, 0) is 9.53 Å². The minimum absolute atomic E-state index is 0.0326. The summed E-state index contributed by atoms with van der Waals surface area (Å²) in [5, 5.41) is 0. The summed E-state index contributed by atoms with van der Waals surface area (Å²) < 4.78 is 6.21. The highest BCUT2D eigenvalue weighted by atomic mass is 16.5. The number of fused-ring (bicyclic) bond motifs is 5. The van der Waals surface area contributed by atoms with Gasteiger partial charge in [0.15, 0.2) is 0 Å². The standard InChI is InChI=1S/C23H38O2/c1-4-5-14-25-17-10-12-22(2)16(15-17)6-7-18-19-8-9-21(24)23(19,3)13-11-20(18)22/h16-20H,4-15H2,1-3H3. The van der Waals surface area contributed by atoms with Gasteiger partial charge in [-0.3, -0.25) is 4.79 Å². The maximum atomic E-state index is 12.5. The summed E-state index contributed by atoms with van der Waals surface area (Å²) in [5.41, 5.74) is 0.547. The van der Waals surface area contributed by atoms with E-state index in [1.807, 2.05) is 0 Å². The van der Waals surface area contributed by atoms with Crippen LogP contribution in [-0.4, -0.2) is 18.5 Å². The first kappa shape index (κ1) is 18.0. The molecule has 0 aromatic heterocycles. The van der Waals surface area contributed by atoms with Crippen molar-refractivity contribution in [3.05, 3.63) is 0 Å². The molecular weight excluding hydrogens is 308 g/mol. The van der Waals surface area contributed by atoms with E-state index in [0.29, 0.717) is 23.2 Å². The van der Waals surface area contributed by atoms with Crippen molar-refractivity contribution in [1.29, 1.82) is 0 Å². The van der Waals surface area contributed by atoms with E-state index in [9.17, 15) is 4.79 Å². The van der Waals surface area contributed by atoms with E-state index in [1.165, 1.54) is 57.8 Å². The first-order chi connectivity index (χ1) is 12.0. The van der Waals surface area contributed by atoms with Crippen molar-refractivity contribution in [3.8, 4) is 0 Å². The van der Waals surface area contributed by atoms with Crippen LogP contribution in [0.25, 0.3) is 0 Å². The van der Waals surface area contributed by atoms with Gasteiger partial charge < -0.3 is 4.74 Å². The summed E-state index contributed by atoms with van der Waals surface area (Å²) in [6.45, 7) is 8.11. The van der Waals surface area contributed by atoms with Crippen LogP contribution in [0.5, 0.6) is 0 Å². The number of hydrogen-bond donors (Lipinski definition) is 0. The number of carbonyl (C=O) groups is 1. The Labute approximate surface area is 154 Å². The molecule has 4 rings (SSSR count). The third-order valence-corrected chi connectivity index (χ3v) is 9.18. The van der Waals surface area contributed by atoms with Gasteiger partial charge in [-0.2, -0.15) is 0 Å². The lowest BCUT2D eigenvalue weighted by atomic mass is 9.45. The monoisotopic (exact) mass is 346 g/mol. The Hall–Kier alpha value is -0.370.